The SMILES string of the molecule is COC(=O)CCn1ccnc1-c1ccc(N)cc1. The highest BCUT2D eigenvalue weighted by Crippen LogP contribution is 2.19. The summed E-state index contributed by atoms with van der Waals surface area (Å²) in [6, 6.07) is 7.47. The van der Waals surface area contributed by atoms with Gasteiger partial charge in [-0.05, 0) is 24.3 Å². The van der Waals surface area contributed by atoms with Gasteiger partial charge in [-0.15, -0.1) is 0 Å². The standard InChI is InChI=1S/C13H15N3O2/c1-18-12(17)6-8-16-9-7-15-13(16)10-2-4-11(14)5-3-10/h2-5,7,9H,6,8,14H2,1H3. The molecule has 1 aromatic carbocycles. The Hall–Kier alpha value is -2.30. The molecule has 2 rings (SSSR count). The molecule has 0 unspecified atom stereocenters. The number of aryl methyl sites for hydroxylation is 1. The summed E-state index contributed by atoms with van der Waals surface area (Å²) in [5.41, 5.74) is 7.33. The fourth-order valence-electron chi connectivity index (χ4n) is 1.70. The van der Waals surface area contributed by atoms with E-state index in [4.69, 9.17) is 5.73 Å². The van der Waals surface area contributed by atoms with Gasteiger partial charge in [-0.2, -0.15) is 0 Å². The van der Waals surface area contributed by atoms with Gasteiger partial charge in [0.15, 0.2) is 0 Å². The average molecular weight is 245 g/mol. The molecule has 18 heavy (non-hydrogen) atoms. The number of hydrogen-bond acceptors (Lipinski definition) is 4. The van der Waals surface area contributed by atoms with E-state index in [0.29, 0.717) is 18.7 Å². The maximum absolute atomic E-state index is 11.1. The summed E-state index contributed by atoms with van der Waals surface area (Å²) in [4.78, 5) is 15.4. The van der Waals surface area contributed by atoms with E-state index in [1.54, 1.807) is 6.20 Å². The molecule has 0 fully saturated rings. The lowest BCUT2D eigenvalue weighted by molar-refractivity contribution is -0.140. The lowest BCUT2D eigenvalue weighted by Crippen LogP contribution is -2.07. The van der Waals surface area contributed by atoms with Crippen LogP contribution in [-0.4, -0.2) is 22.6 Å². The van der Waals surface area contributed by atoms with Crippen LogP contribution in [-0.2, 0) is 16.1 Å². The summed E-state index contributed by atoms with van der Waals surface area (Å²) >= 11 is 0. The summed E-state index contributed by atoms with van der Waals surface area (Å²) < 4.78 is 6.54. The van der Waals surface area contributed by atoms with Crippen LogP contribution in [0, 0.1) is 0 Å². The van der Waals surface area contributed by atoms with Crippen LogP contribution in [0.2, 0.25) is 0 Å². The Bertz CT molecular complexity index is 531. The molecular formula is C13H15N3O2. The van der Waals surface area contributed by atoms with Crippen LogP contribution in [0.15, 0.2) is 36.7 Å². The van der Waals surface area contributed by atoms with Crippen LogP contribution >= 0.6 is 0 Å². The lowest BCUT2D eigenvalue weighted by atomic mass is 10.2. The van der Waals surface area contributed by atoms with E-state index in [-0.39, 0.29) is 5.97 Å². The van der Waals surface area contributed by atoms with E-state index < -0.39 is 0 Å². The van der Waals surface area contributed by atoms with Crippen LogP contribution in [0.1, 0.15) is 6.42 Å². The van der Waals surface area contributed by atoms with Crippen molar-refractivity contribution in [3.8, 4) is 11.4 Å². The summed E-state index contributed by atoms with van der Waals surface area (Å²) in [5, 5.41) is 0. The number of hydrogen-bond donors (Lipinski definition) is 1. The fraction of sp³-hybridized carbons (Fsp3) is 0.231. The highest BCUT2D eigenvalue weighted by Gasteiger charge is 2.07. The maximum Gasteiger partial charge on any atom is 0.307 e. The van der Waals surface area contributed by atoms with Crippen molar-refractivity contribution in [2.24, 2.45) is 0 Å². The van der Waals surface area contributed by atoms with E-state index in [1.165, 1.54) is 7.11 Å². The number of imidazole rings is 1. The van der Waals surface area contributed by atoms with Gasteiger partial charge in [-0.25, -0.2) is 4.98 Å². The van der Waals surface area contributed by atoms with E-state index in [2.05, 4.69) is 9.72 Å². The summed E-state index contributed by atoms with van der Waals surface area (Å²) in [5.74, 6) is 0.589. The number of rotatable bonds is 4. The van der Waals surface area contributed by atoms with Crippen LogP contribution < -0.4 is 5.73 Å². The molecule has 5 nitrogen and oxygen atoms in total. The third kappa shape index (κ3) is 2.68. The average Bonchev–Trinajstić information content (AvgIpc) is 2.85. The molecule has 0 aliphatic rings. The van der Waals surface area contributed by atoms with Crippen LogP contribution in [0.4, 0.5) is 5.69 Å². The Morgan fingerprint density at radius 2 is 2.11 bits per heavy atom. The predicted molar refractivity (Wildman–Crippen MR) is 68.7 cm³/mol. The Kier molecular flexibility index (Phi) is 3.62. The molecule has 0 saturated heterocycles. The second-order valence-corrected chi connectivity index (χ2v) is 3.89. The van der Waals surface area contributed by atoms with Gasteiger partial charge in [0.05, 0.1) is 13.5 Å². The Morgan fingerprint density at radius 1 is 1.39 bits per heavy atom. The Balaban J connectivity index is 2.17. The van der Waals surface area contributed by atoms with E-state index in [0.717, 1.165) is 11.4 Å². The fourth-order valence-corrected chi connectivity index (χ4v) is 1.70. The van der Waals surface area contributed by atoms with Crippen molar-refractivity contribution in [3.05, 3.63) is 36.7 Å². The number of carbonyl (C=O) groups is 1. The molecule has 0 atom stereocenters. The van der Waals surface area contributed by atoms with Gasteiger partial charge in [0.1, 0.15) is 5.82 Å². The molecule has 0 saturated carbocycles. The summed E-state index contributed by atoms with van der Waals surface area (Å²) in [7, 11) is 1.39. The number of aromatic nitrogens is 2. The van der Waals surface area contributed by atoms with Crippen molar-refractivity contribution in [2.45, 2.75) is 13.0 Å². The topological polar surface area (TPSA) is 70.1 Å². The number of methoxy groups -OCH3 is 1. The third-order valence-electron chi connectivity index (χ3n) is 2.67. The number of nitrogen functional groups attached to an aromatic ring is 1. The van der Waals surface area contributed by atoms with Crippen LogP contribution in [0.5, 0.6) is 0 Å². The molecule has 0 bridgehead atoms. The van der Waals surface area contributed by atoms with Crippen molar-refractivity contribution < 1.29 is 9.53 Å². The minimum atomic E-state index is -0.230. The molecule has 1 aromatic heterocycles. The molecule has 0 aliphatic carbocycles. The van der Waals surface area contributed by atoms with Crippen molar-refractivity contribution in [1.29, 1.82) is 0 Å². The number of carbonyl (C=O) groups excluding carboxylic acids is 1. The number of nitrogens with zero attached hydrogens (tertiary/aromatic N) is 2. The number of anilines is 1. The van der Waals surface area contributed by atoms with Gasteiger partial charge in [0, 0.05) is 30.2 Å². The molecule has 0 radical (unpaired) electrons. The molecular weight excluding hydrogens is 230 g/mol. The molecule has 0 aliphatic heterocycles. The summed E-state index contributed by atoms with van der Waals surface area (Å²) in [6.07, 6.45) is 3.88. The number of ether oxygens (including phenoxy) is 1. The van der Waals surface area contributed by atoms with Gasteiger partial charge in [0.2, 0.25) is 0 Å². The first-order valence-electron chi connectivity index (χ1n) is 5.64. The molecule has 0 amide bonds. The zero-order valence-corrected chi connectivity index (χ0v) is 10.2. The minimum Gasteiger partial charge on any atom is -0.469 e. The number of nitrogens with two attached hydrogens (primary N) is 1. The van der Waals surface area contributed by atoms with Gasteiger partial charge in [-0.1, -0.05) is 0 Å². The quantitative estimate of drug-likeness (QED) is 0.657. The van der Waals surface area contributed by atoms with Crippen LogP contribution in [0.3, 0.4) is 0 Å². The largest absolute Gasteiger partial charge is 0.469 e. The Morgan fingerprint density at radius 3 is 2.78 bits per heavy atom. The Labute approximate surface area is 105 Å². The predicted octanol–water partition coefficient (Wildman–Crippen LogP) is 1.70. The number of esters is 1. The monoisotopic (exact) mass is 245 g/mol. The lowest BCUT2D eigenvalue weighted by Gasteiger charge is -2.07. The molecule has 5 heteroatoms. The smallest absolute Gasteiger partial charge is 0.307 e. The van der Waals surface area contributed by atoms with E-state index in [1.807, 2.05) is 35.0 Å². The first-order chi connectivity index (χ1) is 8.70. The van der Waals surface area contributed by atoms with E-state index in [9.17, 15) is 4.79 Å². The molecule has 1 heterocycles. The molecule has 94 valence electrons. The van der Waals surface area contributed by atoms with E-state index >= 15 is 0 Å². The third-order valence-corrected chi connectivity index (χ3v) is 2.67. The molecule has 2 aromatic rings. The molecule has 2 N–H and O–H groups in total. The van der Waals surface area contributed by atoms with Crippen molar-refractivity contribution >= 4 is 11.7 Å². The zero-order valence-electron chi connectivity index (χ0n) is 10.2. The first-order valence-corrected chi connectivity index (χ1v) is 5.64. The minimum absolute atomic E-state index is 0.230. The highest BCUT2D eigenvalue weighted by molar-refractivity contribution is 5.69. The summed E-state index contributed by atoms with van der Waals surface area (Å²) in [6.45, 7) is 0.548. The second kappa shape index (κ2) is 5.35. The van der Waals surface area contributed by atoms with Crippen molar-refractivity contribution in [3.63, 3.8) is 0 Å². The maximum atomic E-state index is 11.1. The van der Waals surface area contributed by atoms with Gasteiger partial charge in [-0.3, -0.25) is 4.79 Å². The first kappa shape index (κ1) is 12.2. The normalized spacial score (nSPS) is 10.3. The van der Waals surface area contributed by atoms with Gasteiger partial charge < -0.3 is 15.0 Å². The molecule has 0 spiro atoms. The highest BCUT2D eigenvalue weighted by atomic mass is 16.5. The second-order valence-electron chi connectivity index (χ2n) is 3.89. The number of benzene rings is 1. The van der Waals surface area contributed by atoms with Gasteiger partial charge in [0.25, 0.3) is 0 Å². The zero-order chi connectivity index (χ0) is 13.0. The van der Waals surface area contributed by atoms with Crippen molar-refractivity contribution in [2.75, 3.05) is 12.8 Å². The van der Waals surface area contributed by atoms with Crippen molar-refractivity contribution in [1.82, 2.24) is 9.55 Å². The van der Waals surface area contributed by atoms with Crippen LogP contribution in [0.25, 0.3) is 11.4 Å². The van der Waals surface area contributed by atoms with Gasteiger partial charge >= 0.3 is 5.97 Å².